The van der Waals surface area contributed by atoms with Crippen molar-refractivity contribution in [3.05, 3.63) is 39.7 Å². The Morgan fingerprint density at radius 1 is 1.57 bits per heavy atom. The molecule has 1 aliphatic carbocycles. The maximum absolute atomic E-state index is 12.3. The molecule has 0 fully saturated rings. The summed E-state index contributed by atoms with van der Waals surface area (Å²) in [5, 5.41) is 13.9. The van der Waals surface area contributed by atoms with Gasteiger partial charge in [-0.2, -0.15) is 10.4 Å². The molecule has 1 aromatic heterocycles. The van der Waals surface area contributed by atoms with E-state index in [4.69, 9.17) is 22.1 Å². The minimum atomic E-state index is -0.605. The quantitative estimate of drug-likeness (QED) is 0.855. The van der Waals surface area contributed by atoms with E-state index < -0.39 is 5.92 Å². The Balaban J connectivity index is 2.25. The van der Waals surface area contributed by atoms with Gasteiger partial charge < -0.3 is 10.5 Å². The summed E-state index contributed by atoms with van der Waals surface area (Å²) in [4.78, 5) is 12.3. The summed E-state index contributed by atoms with van der Waals surface area (Å²) in [6.45, 7) is 0. The average molecular weight is 305 g/mol. The Bertz CT molecular complexity index is 719. The van der Waals surface area contributed by atoms with E-state index in [-0.39, 0.29) is 17.2 Å². The zero-order valence-electron chi connectivity index (χ0n) is 11.4. The Morgan fingerprint density at radius 2 is 2.33 bits per heavy atom. The molecule has 0 spiro atoms. The van der Waals surface area contributed by atoms with Crippen molar-refractivity contribution in [1.29, 1.82) is 5.26 Å². The molecule has 0 radical (unpaired) electrons. The van der Waals surface area contributed by atoms with Crippen LogP contribution < -0.4 is 5.73 Å². The third-order valence-corrected chi connectivity index (χ3v) is 4.11. The molecule has 0 unspecified atom stereocenters. The first-order chi connectivity index (χ1) is 10.0. The fraction of sp³-hybridized carbons (Fsp3) is 0.357. The lowest BCUT2D eigenvalue weighted by atomic mass is 9.79. The molecule has 21 heavy (non-hydrogen) atoms. The number of halogens is 1. The van der Waals surface area contributed by atoms with Gasteiger partial charge in [0.05, 0.1) is 22.8 Å². The maximum atomic E-state index is 12.3. The number of allylic oxidation sites excluding steroid dienone is 3. The molecule has 6 nitrogen and oxygen atoms in total. The number of ketones is 1. The number of aromatic nitrogens is 2. The van der Waals surface area contributed by atoms with Gasteiger partial charge in [0, 0.05) is 25.5 Å². The molecule has 0 bridgehead atoms. The first kappa shape index (κ1) is 13.7. The third-order valence-electron chi connectivity index (χ3n) is 3.82. The first-order valence-corrected chi connectivity index (χ1v) is 6.93. The highest BCUT2D eigenvalue weighted by Gasteiger charge is 2.40. The van der Waals surface area contributed by atoms with Crippen molar-refractivity contribution < 1.29 is 9.53 Å². The monoisotopic (exact) mass is 304 g/mol. The van der Waals surface area contributed by atoms with Gasteiger partial charge in [-0.25, -0.2) is 0 Å². The van der Waals surface area contributed by atoms with Crippen molar-refractivity contribution in [2.24, 2.45) is 12.8 Å². The lowest BCUT2D eigenvalue weighted by Gasteiger charge is -2.30. The standard InChI is InChI=1S/C14H13ClN4O2/c1-19-13(8(15)6-18-19)11-7(5-16)14(17)21-10-4-2-3-9(20)12(10)11/h6,11H,2-4,17H2,1H3/t11-/m0/s1. The summed E-state index contributed by atoms with van der Waals surface area (Å²) in [5.74, 6) is -0.0523. The van der Waals surface area contributed by atoms with Crippen molar-refractivity contribution in [1.82, 2.24) is 9.78 Å². The van der Waals surface area contributed by atoms with Gasteiger partial charge >= 0.3 is 0 Å². The number of hydrogen-bond donors (Lipinski definition) is 1. The molecule has 3 rings (SSSR count). The van der Waals surface area contributed by atoms with Crippen LogP contribution in [0.25, 0.3) is 0 Å². The van der Waals surface area contributed by atoms with E-state index in [0.29, 0.717) is 34.9 Å². The summed E-state index contributed by atoms with van der Waals surface area (Å²) >= 11 is 6.20. The van der Waals surface area contributed by atoms with Crippen LogP contribution in [0.5, 0.6) is 0 Å². The van der Waals surface area contributed by atoms with Crippen LogP contribution in [-0.2, 0) is 16.6 Å². The average Bonchev–Trinajstić information content (AvgIpc) is 2.77. The van der Waals surface area contributed by atoms with Crippen LogP contribution in [0.15, 0.2) is 29.0 Å². The fourth-order valence-electron chi connectivity index (χ4n) is 2.87. The molecule has 7 heteroatoms. The zero-order valence-corrected chi connectivity index (χ0v) is 12.1. The van der Waals surface area contributed by atoms with Crippen molar-refractivity contribution in [2.75, 3.05) is 0 Å². The summed E-state index contributed by atoms with van der Waals surface area (Å²) in [5.41, 5.74) is 7.13. The summed E-state index contributed by atoms with van der Waals surface area (Å²) in [7, 11) is 1.72. The summed E-state index contributed by atoms with van der Waals surface area (Å²) in [6, 6.07) is 2.04. The second kappa shape index (κ2) is 4.93. The number of ether oxygens (including phenoxy) is 1. The zero-order chi connectivity index (χ0) is 15.1. The van der Waals surface area contributed by atoms with Crippen molar-refractivity contribution in [2.45, 2.75) is 25.2 Å². The topological polar surface area (TPSA) is 93.9 Å². The van der Waals surface area contributed by atoms with Gasteiger partial charge in [-0.1, -0.05) is 11.6 Å². The van der Waals surface area contributed by atoms with Gasteiger partial charge in [-0.15, -0.1) is 0 Å². The second-order valence-electron chi connectivity index (χ2n) is 5.04. The number of Topliss-reactive ketones (excluding diaryl/α,β-unsaturated/α-hetero) is 1. The molecule has 2 aliphatic rings. The number of aryl methyl sites for hydroxylation is 1. The molecule has 2 N–H and O–H groups in total. The van der Waals surface area contributed by atoms with Gasteiger partial charge in [0.1, 0.15) is 17.4 Å². The number of rotatable bonds is 1. The summed E-state index contributed by atoms with van der Waals surface area (Å²) in [6.07, 6.45) is 3.28. The van der Waals surface area contributed by atoms with Crippen molar-refractivity contribution >= 4 is 17.4 Å². The Morgan fingerprint density at radius 3 is 2.95 bits per heavy atom. The fourth-order valence-corrected chi connectivity index (χ4v) is 3.15. The Labute approximate surface area is 126 Å². The Kier molecular flexibility index (Phi) is 3.22. The molecule has 0 saturated carbocycles. The van der Waals surface area contributed by atoms with Crippen LogP contribution >= 0.6 is 11.6 Å². The smallest absolute Gasteiger partial charge is 0.205 e. The SMILES string of the molecule is Cn1ncc(Cl)c1[C@H]1C(C#N)=C(N)OC2=C1C(=O)CCC2. The molecule has 0 amide bonds. The minimum Gasteiger partial charge on any atom is -0.444 e. The predicted molar refractivity (Wildman–Crippen MR) is 74.8 cm³/mol. The molecule has 108 valence electrons. The van der Waals surface area contributed by atoms with E-state index in [2.05, 4.69) is 5.10 Å². The number of nitriles is 1. The third kappa shape index (κ3) is 2.01. The molecular weight excluding hydrogens is 292 g/mol. The van der Waals surface area contributed by atoms with E-state index >= 15 is 0 Å². The molecule has 1 aliphatic heterocycles. The Hall–Kier alpha value is -2.26. The number of nitrogens with zero attached hydrogens (tertiary/aromatic N) is 3. The minimum absolute atomic E-state index is 0.0289. The highest BCUT2D eigenvalue weighted by molar-refractivity contribution is 6.31. The van der Waals surface area contributed by atoms with E-state index in [1.807, 2.05) is 6.07 Å². The normalized spacial score (nSPS) is 22.0. The number of carbonyl (C=O) groups excluding carboxylic acids is 1. The van der Waals surface area contributed by atoms with Gasteiger partial charge in [0.2, 0.25) is 5.88 Å². The second-order valence-corrected chi connectivity index (χ2v) is 5.45. The molecule has 0 aromatic carbocycles. The molecule has 0 saturated heterocycles. The van der Waals surface area contributed by atoms with E-state index in [9.17, 15) is 10.1 Å². The van der Waals surface area contributed by atoms with Crippen LogP contribution in [0, 0.1) is 11.3 Å². The summed E-state index contributed by atoms with van der Waals surface area (Å²) < 4.78 is 7.06. The van der Waals surface area contributed by atoms with Crippen molar-refractivity contribution in [3.8, 4) is 6.07 Å². The molecule has 1 aromatic rings. The van der Waals surface area contributed by atoms with E-state index in [1.54, 1.807) is 11.7 Å². The molecule has 1 atom stereocenters. The van der Waals surface area contributed by atoms with Gasteiger partial charge in [-0.05, 0) is 6.42 Å². The number of carbonyl (C=O) groups is 1. The van der Waals surface area contributed by atoms with Crippen molar-refractivity contribution in [3.63, 3.8) is 0 Å². The predicted octanol–water partition coefficient (Wildman–Crippen LogP) is 1.89. The van der Waals surface area contributed by atoms with Crippen LogP contribution in [0.2, 0.25) is 5.02 Å². The van der Waals surface area contributed by atoms with Gasteiger partial charge in [-0.3, -0.25) is 9.48 Å². The highest BCUT2D eigenvalue weighted by Crippen LogP contribution is 2.44. The van der Waals surface area contributed by atoms with Crippen LogP contribution in [0.3, 0.4) is 0 Å². The van der Waals surface area contributed by atoms with E-state index in [1.165, 1.54) is 6.20 Å². The van der Waals surface area contributed by atoms with Gasteiger partial charge in [0.15, 0.2) is 5.78 Å². The number of hydrogen-bond acceptors (Lipinski definition) is 5. The molecular formula is C14H13ClN4O2. The number of nitrogens with two attached hydrogens (primary N) is 1. The highest BCUT2D eigenvalue weighted by atomic mass is 35.5. The first-order valence-electron chi connectivity index (χ1n) is 6.55. The maximum Gasteiger partial charge on any atom is 0.205 e. The van der Waals surface area contributed by atoms with Crippen LogP contribution in [0.1, 0.15) is 30.9 Å². The van der Waals surface area contributed by atoms with Crippen LogP contribution in [0.4, 0.5) is 0 Å². The largest absolute Gasteiger partial charge is 0.444 e. The molecule has 2 heterocycles. The van der Waals surface area contributed by atoms with Crippen LogP contribution in [-0.4, -0.2) is 15.6 Å². The lowest BCUT2D eigenvalue weighted by Crippen LogP contribution is -2.28. The van der Waals surface area contributed by atoms with E-state index in [0.717, 1.165) is 6.42 Å². The lowest BCUT2D eigenvalue weighted by molar-refractivity contribution is -0.116. The van der Waals surface area contributed by atoms with Gasteiger partial charge in [0.25, 0.3) is 0 Å².